The number of rotatable bonds is 3. The second-order valence-electron chi connectivity index (χ2n) is 6.39. The van der Waals surface area contributed by atoms with Crippen molar-refractivity contribution in [2.45, 2.75) is 46.7 Å². The topological polar surface area (TPSA) is 40.5 Å². The van der Waals surface area contributed by atoms with Gasteiger partial charge in [-0.05, 0) is 50.3 Å². The number of benzene rings is 1. The number of hydrogen-bond acceptors (Lipinski definition) is 3. The number of likely N-dealkylation sites (tertiary alicyclic amines) is 1. The Kier molecular flexibility index (Phi) is 4.48. The van der Waals surface area contributed by atoms with Gasteiger partial charge in [-0.2, -0.15) is 0 Å². The van der Waals surface area contributed by atoms with Crippen molar-refractivity contribution in [3.05, 3.63) is 29.3 Å². The van der Waals surface area contributed by atoms with Crippen LogP contribution >= 0.6 is 0 Å². The molecular formula is C17H25NO2. The molecule has 1 aliphatic rings. The van der Waals surface area contributed by atoms with E-state index in [1.165, 1.54) is 6.42 Å². The Morgan fingerprint density at radius 3 is 2.70 bits per heavy atom. The normalized spacial score (nSPS) is 27.5. The molecule has 0 amide bonds. The van der Waals surface area contributed by atoms with E-state index in [2.05, 4.69) is 25.7 Å². The van der Waals surface area contributed by atoms with Crippen LogP contribution in [-0.4, -0.2) is 28.4 Å². The summed E-state index contributed by atoms with van der Waals surface area (Å²) in [4.78, 5) is 13.9. The van der Waals surface area contributed by atoms with Gasteiger partial charge in [0.15, 0.2) is 5.78 Å². The van der Waals surface area contributed by atoms with Crippen molar-refractivity contribution in [2.75, 3.05) is 6.54 Å². The molecule has 1 saturated heterocycles. The molecule has 3 nitrogen and oxygen atoms in total. The second kappa shape index (κ2) is 5.96. The van der Waals surface area contributed by atoms with Gasteiger partial charge in [0.25, 0.3) is 0 Å². The summed E-state index contributed by atoms with van der Waals surface area (Å²) in [6, 6.07) is 5.65. The molecule has 1 fully saturated rings. The first kappa shape index (κ1) is 15.0. The molecule has 0 radical (unpaired) electrons. The second-order valence-corrected chi connectivity index (χ2v) is 6.39. The van der Waals surface area contributed by atoms with Crippen molar-refractivity contribution >= 4 is 5.78 Å². The van der Waals surface area contributed by atoms with E-state index in [9.17, 15) is 9.90 Å². The summed E-state index contributed by atoms with van der Waals surface area (Å²) in [5.41, 5.74) is 1.52. The lowest BCUT2D eigenvalue weighted by Gasteiger charge is -2.41. The van der Waals surface area contributed by atoms with Crippen LogP contribution in [0.3, 0.4) is 0 Å². The number of nitrogens with zero attached hydrogens (tertiary/aromatic N) is 1. The SMILES string of the molecule is CC(=O)c1ccc(O)c(CN2CC(C)CC(C)C2C)c1. The van der Waals surface area contributed by atoms with Crippen LogP contribution < -0.4 is 0 Å². The van der Waals surface area contributed by atoms with E-state index in [0.29, 0.717) is 30.0 Å². The minimum Gasteiger partial charge on any atom is -0.508 e. The highest BCUT2D eigenvalue weighted by Gasteiger charge is 2.29. The molecule has 0 saturated carbocycles. The maximum absolute atomic E-state index is 11.5. The highest BCUT2D eigenvalue weighted by atomic mass is 16.3. The van der Waals surface area contributed by atoms with Crippen LogP contribution in [0.25, 0.3) is 0 Å². The molecule has 1 N–H and O–H groups in total. The molecule has 3 unspecified atom stereocenters. The van der Waals surface area contributed by atoms with Gasteiger partial charge in [-0.3, -0.25) is 9.69 Å². The Labute approximate surface area is 121 Å². The summed E-state index contributed by atoms with van der Waals surface area (Å²) in [6.45, 7) is 10.1. The fourth-order valence-electron chi connectivity index (χ4n) is 3.19. The summed E-state index contributed by atoms with van der Waals surface area (Å²) in [6.07, 6.45) is 1.26. The number of phenolic OH excluding ortho intramolecular Hbond substituents is 1. The van der Waals surface area contributed by atoms with Gasteiger partial charge in [0.05, 0.1) is 0 Å². The molecule has 1 aromatic carbocycles. The lowest BCUT2D eigenvalue weighted by Crippen LogP contribution is -2.45. The van der Waals surface area contributed by atoms with Crippen LogP contribution in [0.15, 0.2) is 18.2 Å². The zero-order valence-corrected chi connectivity index (χ0v) is 12.9. The first-order valence-corrected chi connectivity index (χ1v) is 7.45. The van der Waals surface area contributed by atoms with Crippen molar-refractivity contribution < 1.29 is 9.90 Å². The molecule has 3 heteroatoms. The van der Waals surface area contributed by atoms with E-state index in [-0.39, 0.29) is 11.5 Å². The Bertz CT molecular complexity index is 498. The predicted octanol–water partition coefficient (Wildman–Crippen LogP) is 3.46. The quantitative estimate of drug-likeness (QED) is 0.859. The fourth-order valence-corrected chi connectivity index (χ4v) is 3.19. The molecule has 0 aromatic heterocycles. The Balaban J connectivity index is 2.20. The molecule has 0 bridgehead atoms. The summed E-state index contributed by atoms with van der Waals surface area (Å²) in [5.74, 6) is 1.67. The molecule has 3 atom stereocenters. The van der Waals surface area contributed by atoms with Crippen molar-refractivity contribution in [2.24, 2.45) is 11.8 Å². The third-order valence-electron chi connectivity index (χ3n) is 4.58. The highest BCUT2D eigenvalue weighted by molar-refractivity contribution is 5.94. The number of phenols is 1. The average molecular weight is 275 g/mol. The first-order valence-electron chi connectivity index (χ1n) is 7.45. The molecule has 1 heterocycles. The zero-order valence-electron chi connectivity index (χ0n) is 12.9. The van der Waals surface area contributed by atoms with Gasteiger partial charge >= 0.3 is 0 Å². The van der Waals surface area contributed by atoms with E-state index >= 15 is 0 Å². The van der Waals surface area contributed by atoms with Gasteiger partial charge in [-0.25, -0.2) is 0 Å². The van der Waals surface area contributed by atoms with E-state index in [0.717, 1.165) is 12.1 Å². The van der Waals surface area contributed by atoms with E-state index in [1.54, 1.807) is 19.1 Å². The number of Topliss-reactive ketones (excluding diaryl/α,β-unsaturated/α-hetero) is 1. The number of carbonyl (C=O) groups excluding carboxylic acids is 1. The van der Waals surface area contributed by atoms with Gasteiger partial charge in [0.2, 0.25) is 0 Å². The van der Waals surface area contributed by atoms with Crippen molar-refractivity contribution in [1.29, 1.82) is 0 Å². The average Bonchev–Trinajstić information content (AvgIpc) is 2.37. The van der Waals surface area contributed by atoms with Gasteiger partial charge in [0, 0.05) is 30.3 Å². The first-order chi connectivity index (χ1) is 9.38. The molecule has 1 aliphatic heterocycles. The maximum Gasteiger partial charge on any atom is 0.159 e. The summed E-state index contributed by atoms with van der Waals surface area (Å²) >= 11 is 0. The van der Waals surface area contributed by atoms with Crippen molar-refractivity contribution in [1.82, 2.24) is 4.90 Å². The zero-order chi connectivity index (χ0) is 14.9. The Morgan fingerprint density at radius 1 is 1.35 bits per heavy atom. The summed E-state index contributed by atoms with van der Waals surface area (Å²) in [7, 11) is 0. The number of piperidine rings is 1. The van der Waals surface area contributed by atoms with Crippen molar-refractivity contribution in [3.63, 3.8) is 0 Å². The van der Waals surface area contributed by atoms with Crippen LogP contribution in [0.4, 0.5) is 0 Å². The largest absolute Gasteiger partial charge is 0.508 e. The van der Waals surface area contributed by atoms with Gasteiger partial charge in [-0.1, -0.05) is 13.8 Å². The number of ketones is 1. The van der Waals surface area contributed by atoms with Gasteiger partial charge < -0.3 is 5.11 Å². The lowest BCUT2D eigenvalue weighted by atomic mass is 9.85. The Hall–Kier alpha value is -1.35. The van der Waals surface area contributed by atoms with Crippen LogP contribution in [0.1, 0.15) is 50.0 Å². The number of hydrogen-bond donors (Lipinski definition) is 1. The molecule has 110 valence electrons. The molecule has 0 spiro atoms. The van der Waals surface area contributed by atoms with Crippen LogP contribution in [0.5, 0.6) is 5.75 Å². The number of aromatic hydroxyl groups is 1. The van der Waals surface area contributed by atoms with E-state index < -0.39 is 0 Å². The fraction of sp³-hybridized carbons (Fsp3) is 0.588. The Morgan fingerprint density at radius 2 is 2.05 bits per heavy atom. The molecule has 2 rings (SSSR count). The molecule has 0 aliphatic carbocycles. The third kappa shape index (κ3) is 3.21. The number of carbonyl (C=O) groups is 1. The van der Waals surface area contributed by atoms with E-state index in [1.807, 2.05) is 6.07 Å². The summed E-state index contributed by atoms with van der Waals surface area (Å²) < 4.78 is 0. The summed E-state index contributed by atoms with van der Waals surface area (Å²) in [5, 5.41) is 10.0. The van der Waals surface area contributed by atoms with Crippen LogP contribution in [0.2, 0.25) is 0 Å². The standard InChI is InChI=1S/C17H25NO2/c1-11-7-12(2)13(3)18(9-11)10-16-8-15(14(4)19)5-6-17(16)20/h5-6,8,11-13,20H,7,9-10H2,1-4H3. The highest BCUT2D eigenvalue weighted by Crippen LogP contribution is 2.30. The minimum absolute atomic E-state index is 0.0414. The molecule has 1 aromatic rings. The smallest absolute Gasteiger partial charge is 0.159 e. The lowest BCUT2D eigenvalue weighted by molar-refractivity contribution is 0.0722. The van der Waals surface area contributed by atoms with Gasteiger partial charge in [0.1, 0.15) is 5.75 Å². The van der Waals surface area contributed by atoms with Crippen LogP contribution in [-0.2, 0) is 6.54 Å². The van der Waals surface area contributed by atoms with Crippen LogP contribution in [0, 0.1) is 11.8 Å². The predicted molar refractivity (Wildman–Crippen MR) is 80.9 cm³/mol. The third-order valence-corrected chi connectivity index (χ3v) is 4.58. The monoisotopic (exact) mass is 275 g/mol. The minimum atomic E-state index is 0.0414. The van der Waals surface area contributed by atoms with Crippen molar-refractivity contribution in [3.8, 4) is 5.75 Å². The maximum atomic E-state index is 11.5. The van der Waals surface area contributed by atoms with Gasteiger partial charge in [-0.15, -0.1) is 0 Å². The molecular weight excluding hydrogens is 250 g/mol. The van der Waals surface area contributed by atoms with E-state index in [4.69, 9.17) is 0 Å². The molecule has 20 heavy (non-hydrogen) atoms.